The van der Waals surface area contributed by atoms with Gasteiger partial charge < -0.3 is 20.5 Å². The quantitative estimate of drug-likeness (QED) is 0.406. The van der Waals surface area contributed by atoms with Gasteiger partial charge in [-0.3, -0.25) is 9.59 Å². The number of carbonyl (C=O) groups is 3. The summed E-state index contributed by atoms with van der Waals surface area (Å²) >= 11 is 1.24. The number of ether oxygens (including phenoxy) is 1. The number of hydrogen-bond acceptors (Lipinski definition) is 6. The Morgan fingerprint density at radius 3 is 2.29 bits per heavy atom. The van der Waals surface area contributed by atoms with Crippen molar-refractivity contribution in [2.45, 2.75) is 38.8 Å². The lowest BCUT2D eigenvalue weighted by Crippen LogP contribution is -2.40. The molecule has 1 aromatic heterocycles. The maximum absolute atomic E-state index is 12.5. The number of benzene rings is 2. The molecule has 9 heteroatoms. The van der Waals surface area contributed by atoms with Crippen molar-refractivity contribution in [3.63, 3.8) is 0 Å². The van der Waals surface area contributed by atoms with E-state index in [2.05, 4.69) is 39.9 Å². The normalized spacial score (nSPS) is 13.1. The molecule has 1 aliphatic carbocycles. The van der Waals surface area contributed by atoms with E-state index in [1.165, 1.54) is 11.3 Å². The van der Waals surface area contributed by atoms with Gasteiger partial charge >= 0.3 is 12.1 Å². The number of aromatic nitrogens is 1. The summed E-state index contributed by atoms with van der Waals surface area (Å²) in [5.41, 5.74) is 4.79. The SMILES string of the molecule is CC(C)C(CC(=O)O)NC(=O)c1csc(CNC(=O)OCC2c3ccccc3-c3ccccc32)n1. The van der Waals surface area contributed by atoms with Crippen molar-refractivity contribution in [3.05, 3.63) is 75.7 Å². The molecule has 0 radical (unpaired) electrons. The zero-order chi connectivity index (χ0) is 24.9. The van der Waals surface area contributed by atoms with E-state index in [1.54, 1.807) is 5.38 Å². The van der Waals surface area contributed by atoms with Crippen LogP contribution in [0.3, 0.4) is 0 Å². The van der Waals surface area contributed by atoms with E-state index in [-0.39, 0.29) is 37.1 Å². The smallest absolute Gasteiger partial charge is 0.407 e. The first-order valence-corrected chi connectivity index (χ1v) is 12.3. The van der Waals surface area contributed by atoms with Gasteiger partial charge in [0.15, 0.2) is 0 Å². The molecule has 1 unspecified atom stereocenters. The van der Waals surface area contributed by atoms with Crippen molar-refractivity contribution in [2.75, 3.05) is 6.61 Å². The van der Waals surface area contributed by atoms with E-state index in [4.69, 9.17) is 9.84 Å². The Morgan fingerprint density at radius 2 is 1.69 bits per heavy atom. The van der Waals surface area contributed by atoms with Crippen molar-refractivity contribution in [1.82, 2.24) is 15.6 Å². The number of nitrogens with zero attached hydrogens (tertiary/aromatic N) is 1. The fourth-order valence-electron chi connectivity index (χ4n) is 4.18. The molecule has 0 spiro atoms. The number of carbonyl (C=O) groups excluding carboxylic acids is 2. The summed E-state index contributed by atoms with van der Waals surface area (Å²) in [5.74, 6) is -1.48. The molecule has 0 aliphatic heterocycles. The first-order valence-electron chi connectivity index (χ1n) is 11.4. The lowest BCUT2D eigenvalue weighted by Gasteiger charge is -2.19. The Morgan fingerprint density at radius 1 is 1.06 bits per heavy atom. The average molecular weight is 494 g/mol. The molecule has 3 N–H and O–H groups in total. The van der Waals surface area contributed by atoms with Crippen LogP contribution in [0.5, 0.6) is 0 Å². The maximum Gasteiger partial charge on any atom is 0.407 e. The first kappa shape index (κ1) is 24.4. The van der Waals surface area contributed by atoms with Crippen LogP contribution in [0.2, 0.25) is 0 Å². The van der Waals surface area contributed by atoms with Gasteiger partial charge in [0.25, 0.3) is 5.91 Å². The van der Waals surface area contributed by atoms with Gasteiger partial charge in [-0.2, -0.15) is 0 Å². The van der Waals surface area contributed by atoms with Crippen molar-refractivity contribution in [1.29, 1.82) is 0 Å². The average Bonchev–Trinajstić information content (AvgIpc) is 3.44. The van der Waals surface area contributed by atoms with E-state index >= 15 is 0 Å². The zero-order valence-electron chi connectivity index (χ0n) is 19.5. The summed E-state index contributed by atoms with van der Waals surface area (Å²) in [6, 6.07) is 15.8. The van der Waals surface area contributed by atoms with Crippen molar-refractivity contribution in [2.24, 2.45) is 5.92 Å². The number of nitrogens with one attached hydrogen (secondary N) is 2. The highest BCUT2D eigenvalue weighted by Crippen LogP contribution is 2.44. The van der Waals surface area contributed by atoms with Gasteiger partial charge in [-0.1, -0.05) is 62.4 Å². The number of amides is 2. The number of thiazole rings is 1. The largest absolute Gasteiger partial charge is 0.481 e. The monoisotopic (exact) mass is 493 g/mol. The third-order valence-electron chi connectivity index (χ3n) is 6.03. The molecule has 2 aromatic carbocycles. The fourth-order valence-corrected chi connectivity index (χ4v) is 4.89. The molecule has 8 nitrogen and oxygen atoms in total. The lowest BCUT2D eigenvalue weighted by molar-refractivity contribution is -0.137. The molecule has 0 saturated heterocycles. The molecule has 2 amide bonds. The summed E-state index contributed by atoms with van der Waals surface area (Å²) < 4.78 is 5.52. The molecule has 0 fully saturated rings. The van der Waals surface area contributed by atoms with Crippen LogP contribution in [0, 0.1) is 5.92 Å². The molecule has 4 rings (SSSR count). The van der Waals surface area contributed by atoms with E-state index in [1.807, 2.05) is 38.1 Å². The second-order valence-electron chi connectivity index (χ2n) is 8.73. The number of hydrogen-bond donors (Lipinski definition) is 3. The van der Waals surface area contributed by atoms with Gasteiger partial charge in [0.2, 0.25) is 0 Å². The predicted octanol–water partition coefficient (Wildman–Crippen LogP) is 4.41. The molecular formula is C26H27N3O5S. The van der Waals surface area contributed by atoms with Gasteiger partial charge in [-0.15, -0.1) is 11.3 Å². The predicted molar refractivity (Wildman–Crippen MR) is 132 cm³/mol. The van der Waals surface area contributed by atoms with Crippen molar-refractivity contribution in [3.8, 4) is 11.1 Å². The minimum absolute atomic E-state index is 0.0250. The van der Waals surface area contributed by atoms with E-state index in [9.17, 15) is 14.4 Å². The highest BCUT2D eigenvalue weighted by molar-refractivity contribution is 7.09. The highest BCUT2D eigenvalue weighted by atomic mass is 32.1. The standard InChI is InChI=1S/C26H27N3O5S/c1-15(2)21(11-24(30)31)29-25(32)22-14-35-23(28-22)12-27-26(33)34-13-20-18-9-5-3-7-16(18)17-8-4-6-10-19(17)20/h3-10,14-15,20-21H,11-13H2,1-2H3,(H,27,33)(H,29,32)(H,30,31). The number of fused-ring (bicyclic) bond motifs is 3. The van der Waals surface area contributed by atoms with Gasteiger partial charge in [-0.05, 0) is 28.2 Å². The van der Waals surface area contributed by atoms with E-state index < -0.39 is 24.0 Å². The Balaban J connectivity index is 1.30. The second-order valence-corrected chi connectivity index (χ2v) is 9.67. The van der Waals surface area contributed by atoms with Crippen molar-refractivity contribution >= 4 is 29.3 Å². The minimum atomic E-state index is -0.977. The maximum atomic E-state index is 12.5. The second kappa shape index (κ2) is 10.7. The van der Waals surface area contributed by atoms with Gasteiger partial charge in [0.05, 0.1) is 13.0 Å². The minimum Gasteiger partial charge on any atom is -0.481 e. The Kier molecular flexibility index (Phi) is 7.45. The molecule has 1 atom stereocenters. The third kappa shape index (κ3) is 5.68. The van der Waals surface area contributed by atoms with Gasteiger partial charge in [0, 0.05) is 17.3 Å². The zero-order valence-corrected chi connectivity index (χ0v) is 20.3. The number of carboxylic acids is 1. The van der Waals surface area contributed by atoms with Crippen LogP contribution in [-0.2, 0) is 16.1 Å². The molecular weight excluding hydrogens is 466 g/mol. The molecule has 1 aliphatic rings. The lowest BCUT2D eigenvalue weighted by atomic mass is 9.98. The highest BCUT2D eigenvalue weighted by Gasteiger charge is 2.29. The van der Waals surface area contributed by atoms with Crippen LogP contribution in [0.25, 0.3) is 11.1 Å². The van der Waals surface area contributed by atoms with Crippen molar-refractivity contribution < 1.29 is 24.2 Å². The van der Waals surface area contributed by atoms with E-state index in [0.29, 0.717) is 5.01 Å². The van der Waals surface area contributed by atoms with Gasteiger partial charge in [-0.25, -0.2) is 9.78 Å². The molecule has 35 heavy (non-hydrogen) atoms. The van der Waals surface area contributed by atoms with Crippen LogP contribution in [0.15, 0.2) is 53.9 Å². The van der Waals surface area contributed by atoms with Crippen LogP contribution < -0.4 is 10.6 Å². The topological polar surface area (TPSA) is 118 Å². The molecule has 182 valence electrons. The molecule has 1 heterocycles. The molecule has 3 aromatic rings. The van der Waals surface area contributed by atoms with Crippen LogP contribution >= 0.6 is 11.3 Å². The molecule has 0 bridgehead atoms. The summed E-state index contributed by atoms with van der Waals surface area (Å²) in [6.07, 6.45) is -0.724. The molecule has 0 saturated carbocycles. The number of carboxylic acid groups (broad SMARTS) is 1. The third-order valence-corrected chi connectivity index (χ3v) is 6.88. The fraction of sp³-hybridized carbons (Fsp3) is 0.308. The van der Waals surface area contributed by atoms with E-state index in [0.717, 1.165) is 22.3 Å². The Labute approximate surface area is 207 Å². The summed E-state index contributed by atoms with van der Waals surface area (Å²) in [4.78, 5) is 40.1. The first-order chi connectivity index (χ1) is 16.8. The summed E-state index contributed by atoms with van der Waals surface area (Å²) in [7, 11) is 0. The van der Waals surface area contributed by atoms with Crippen LogP contribution in [-0.4, -0.2) is 40.7 Å². The summed E-state index contributed by atoms with van der Waals surface area (Å²) in [5, 5.41) is 16.6. The van der Waals surface area contributed by atoms with Gasteiger partial charge in [0.1, 0.15) is 17.3 Å². The summed E-state index contributed by atoms with van der Waals surface area (Å²) in [6.45, 7) is 4.03. The number of alkyl carbamates (subject to hydrolysis) is 1. The van der Waals surface area contributed by atoms with Crippen LogP contribution in [0.4, 0.5) is 4.79 Å². The number of rotatable bonds is 9. The van der Waals surface area contributed by atoms with Crippen LogP contribution in [0.1, 0.15) is 52.8 Å². The Hall–Kier alpha value is -3.72. The Bertz CT molecular complexity index is 1190. The number of aliphatic carboxylic acids is 1.